The van der Waals surface area contributed by atoms with Gasteiger partial charge in [-0.25, -0.2) is 4.98 Å². The van der Waals surface area contributed by atoms with E-state index in [0.29, 0.717) is 11.4 Å². The summed E-state index contributed by atoms with van der Waals surface area (Å²) in [4.78, 5) is 17.1. The van der Waals surface area contributed by atoms with Crippen molar-refractivity contribution in [2.45, 2.75) is 12.5 Å². The smallest absolute Gasteiger partial charge is 0.261 e. The monoisotopic (exact) mass is 350 g/mol. The van der Waals surface area contributed by atoms with Gasteiger partial charge in [-0.1, -0.05) is 36.4 Å². The molecule has 1 atom stereocenters. The number of nitrogens with zero attached hydrogens (tertiary/aromatic N) is 1. The highest BCUT2D eigenvalue weighted by molar-refractivity contribution is 7.99. The van der Waals surface area contributed by atoms with Gasteiger partial charge in [-0.05, 0) is 35.8 Å². The van der Waals surface area contributed by atoms with E-state index in [1.807, 2.05) is 54.2 Å². The number of amides is 1. The van der Waals surface area contributed by atoms with Gasteiger partial charge in [0.05, 0.1) is 0 Å². The van der Waals surface area contributed by atoms with Gasteiger partial charge in [-0.2, -0.15) is 11.8 Å². The molecule has 126 valence electrons. The summed E-state index contributed by atoms with van der Waals surface area (Å²) in [5.41, 5.74) is 1.25. The minimum absolute atomic E-state index is 0.129. The van der Waals surface area contributed by atoms with Crippen LogP contribution in [-0.2, 0) is 0 Å². The molecule has 1 aliphatic rings. The molecule has 4 rings (SSSR count). The predicted molar refractivity (Wildman–Crippen MR) is 102 cm³/mol. The van der Waals surface area contributed by atoms with Gasteiger partial charge in [0.1, 0.15) is 11.7 Å². The lowest BCUT2D eigenvalue weighted by Gasteiger charge is -2.15. The molecule has 1 aromatic heterocycles. The first-order valence-corrected chi connectivity index (χ1v) is 9.45. The first kappa shape index (κ1) is 16.0. The summed E-state index contributed by atoms with van der Waals surface area (Å²) in [6.45, 7) is 0. The van der Waals surface area contributed by atoms with Crippen molar-refractivity contribution in [1.82, 2.24) is 4.98 Å². The number of nitrogens with one attached hydrogen (secondary N) is 1. The van der Waals surface area contributed by atoms with Crippen molar-refractivity contribution in [3.05, 3.63) is 66.4 Å². The minimum Gasteiger partial charge on any atom is -0.473 e. The van der Waals surface area contributed by atoms with E-state index in [1.54, 1.807) is 18.3 Å². The van der Waals surface area contributed by atoms with E-state index in [9.17, 15) is 4.79 Å². The first-order valence-electron chi connectivity index (χ1n) is 8.30. The largest absolute Gasteiger partial charge is 0.473 e. The second-order valence-electron chi connectivity index (χ2n) is 5.94. The van der Waals surface area contributed by atoms with Gasteiger partial charge < -0.3 is 10.1 Å². The molecule has 1 N–H and O–H groups in total. The first-order chi connectivity index (χ1) is 12.3. The fourth-order valence-electron chi connectivity index (χ4n) is 2.95. The average Bonchev–Trinajstić information content (AvgIpc) is 3.15. The van der Waals surface area contributed by atoms with Crippen LogP contribution in [0.1, 0.15) is 16.8 Å². The highest BCUT2D eigenvalue weighted by Crippen LogP contribution is 2.27. The third kappa shape index (κ3) is 3.46. The Balaban J connectivity index is 1.60. The Morgan fingerprint density at radius 1 is 1.12 bits per heavy atom. The lowest BCUT2D eigenvalue weighted by Crippen LogP contribution is -2.20. The van der Waals surface area contributed by atoms with Gasteiger partial charge in [-0.3, -0.25) is 4.79 Å². The molecular weight excluding hydrogens is 332 g/mol. The number of hydrogen-bond donors (Lipinski definition) is 1. The Bertz CT molecular complexity index is 902. The summed E-state index contributed by atoms with van der Waals surface area (Å²) in [6.07, 6.45) is 2.78. The predicted octanol–water partition coefficient (Wildman–Crippen LogP) is 4.37. The fraction of sp³-hybridized carbons (Fsp3) is 0.200. The third-order valence-electron chi connectivity index (χ3n) is 4.22. The molecule has 2 heterocycles. The number of anilines is 1. The van der Waals surface area contributed by atoms with Crippen LogP contribution < -0.4 is 10.1 Å². The number of aromatic nitrogens is 1. The quantitative estimate of drug-likeness (QED) is 0.759. The van der Waals surface area contributed by atoms with Crippen molar-refractivity contribution in [3.63, 3.8) is 0 Å². The zero-order valence-corrected chi connectivity index (χ0v) is 14.5. The number of fused-ring (bicyclic) bond motifs is 1. The Hall–Kier alpha value is -2.53. The molecule has 0 radical (unpaired) electrons. The van der Waals surface area contributed by atoms with Crippen LogP contribution in [0.3, 0.4) is 0 Å². The molecular formula is C20H18N2O2S. The van der Waals surface area contributed by atoms with Crippen molar-refractivity contribution < 1.29 is 9.53 Å². The molecule has 0 bridgehead atoms. The molecule has 4 nitrogen and oxygen atoms in total. The van der Waals surface area contributed by atoms with Crippen molar-refractivity contribution in [1.29, 1.82) is 0 Å². The second-order valence-corrected chi connectivity index (χ2v) is 7.09. The van der Waals surface area contributed by atoms with Gasteiger partial charge >= 0.3 is 0 Å². The van der Waals surface area contributed by atoms with Crippen LogP contribution in [0, 0.1) is 0 Å². The Morgan fingerprint density at radius 2 is 2.00 bits per heavy atom. The third-order valence-corrected chi connectivity index (χ3v) is 5.35. The van der Waals surface area contributed by atoms with E-state index >= 15 is 0 Å². The molecule has 0 spiro atoms. The zero-order chi connectivity index (χ0) is 17.1. The summed E-state index contributed by atoms with van der Waals surface area (Å²) in [7, 11) is 0. The molecule has 25 heavy (non-hydrogen) atoms. The van der Waals surface area contributed by atoms with Crippen LogP contribution in [0.25, 0.3) is 10.8 Å². The number of pyridine rings is 1. The average molecular weight is 350 g/mol. The van der Waals surface area contributed by atoms with Crippen molar-refractivity contribution in [2.24, 2.45) is 0 Å². The number of carbonyl (C=O) groups excluding carboxylic acids is 1. The normalized spacial score (nSPS) is 16.7. The maximum Gasteiger partial charge on any atom is 0.261 e. The van der Waals surface area contributed by atoms with E-state index in [2.05, 4.69) is 10.3 Å². The number of ether oxygens (including phenoxy) is 1. The number of hydrogen-bond acceptors (Lipinski definition) is 4. The van der Waals surface area contributed by atoms with Gasteiger partial charge in [0.25, 0.3) is 5.91 Å². The van der Waals surface area contributed by atoms with E-state index in [0.717, 1.165) is 34.4 Å². The summed E-state index contributed by atoms with van der Waals surface area (Å²) in [5.74, 6) is 2.24. The molecule has 1 fully saturated rings. The number of thioether (sulfide) groups is 1. The van der Waals surface area contributed by atoms with E-state index in [-0.39, 0.29) is 12.0 Å². The standard InChI is InChI=1S/C20H18N2O2S/c23-19(22-18-9-3-6-14-5-1-2-7-16(14)18)17-8-4-11-21-20(17)24-15-10-12-25-13-15/h1-9,11,15H,10,12-13H2,(H,22,23). The van der Waals surface area contributed by atoms with Gasteiger partial charge in [0.2, 0.25) is 5.88 Å². The van der Waals surface area contributed by atoms with Gasteiger partial charge in [-0.15, -0.1) is 0 Å². The van der Waals surface area contributed by atoms with E-state index in [4.69, 9.17) is 4.74 Å². The van der Waals surface area contributed by atoms with Crippen molar-refractivity contribution in [3.8, 4) is 5.88 Å². The molecule has 3 aromatic rings. The van der Waals surface area contributed by atoms with Gasteiger partial charge in [0, 0.05) is 23.0 Å². The van der Waals surface area contributed by atoms with Crippen LogP contribution in [0.4, 0.5) is 5.69 Å². The topological polar surface area (TPSA) is 51.2 Å². The van der Waals surface area contributed by atoms with E-state index < -0.39 is 0 Å². The zero-order valence-electron chi connectivity index (χ0n) is 13.6. The number of rotatable bonds is 4. The summed E-state index contributed by atoms with van der Waals surface area (Å²) >= 11 is 1.87. The highest BCUT2D eigenvalue weighted by Gasteiger charge is 2.21. The maximum atomic E-state index is 12.8. The Kier molecular flexibility index (Phi) is 4.57. The van der Waals surface area contributed by atoms with Crippen LogP contribution >= 0.6 is 11.8 Å². The molecule has 5 heteroatoms. The van der Waals surface area contributed by atoms with Crippen LogP contribution in [0.5, 0.6) is 5.88 Å². The lowest BCUT2D eigenvalue weighted by atomic mass is 10.1. The van der Waals surface area contributed by atoms with Crippen molar-refractivity contribution >= 4 is 34.1 Å². The van der Waals surface area contributed by atoms with Crippen LogP contribution in [0.2, 0.25) is 0 Å². The minimum atomic E-state index is -0.204. The summed E-state index contributed by atoms with van der Waals surface area (Å²) < 4.78 is 5.96. The highest BCUT2D eigenvalue weighted by atomic mass is 32.2. The lowest BCUT2D eigenvalue weighted by molar-refractivity contribution is 0.101. The SMILES string of the molecule is O=C(Nc1cccc2ccccc12)c1cccnc1OC1CCSC1. The molecule has 1 unspecified atom stereocenters. The second kappa shape index (κ2) is 7.15. The van der Waals surface area contributed by atoms with E-state index in [1.165, 1.54) is 0 Å². The molecule has 0 saturated carbocycles. The summed E-state index contributed by atoms with van der Waals surface area (Å²) in [6, 6.07) is 17.4. The Labute approximate surface area is 150 Å². The Morgan fingerprint density at radius 3 is 2.88 bits per heavy atom. The number of benzene rings is 2. The van der Waals surface area contributed by atoms with Crippen LogP contribution in [-0.4, -0.2) is 28.5 Å². The molecule has 1 amide bonds. The maximum absolute atomic E-state index is 12.8. The number of carbonyl (C=O) groups is 1. The van der Waals surface area contributed by atoms with Gasteiger partial charge in [0.15, 0.2) is 0 Å². The molecule has 0 aliphatic carbocycles. The fourth-order valence-corrected chi connectivity index (χ4v) is 4.04. The molecule has 1 aliphatic heterocycles. The van der Waals surface area contributed by atoms with Crippen molar-refractivity contribution in [2.75, 3.05) is 16.8 Å². The summed E-state index contributed by atoms with van der Waals surface area (Å²) in [5, 5.41) is 5.10. The van der Waals surface area contributed by atoms with Crippen LogP contribution in [0.15, 0.2) is 60.8 Å². The molecule has 2 aromatic carbocycles. The molecule has 1 saturated heterocycles.